The summed E-state index contributed by atoms with van der Waals surface area (Å²) in [7, 11) is 0. The number of nitrogens with one attached hydrogen (secondary N) is 1. The molecule has 0 saturated heterocycles. The highest BCUT2D eigenvalue weighted by atomic mass is 35.5. The molecule has 0 spiro atoms. The van der Waals surface area contributed by atoms with Crippen LogP contribution in [0.5, 0.6) is 0 Å². The Morgan fingerprint density at radius 1 is 1.32 bits per heavy atom. The molecule has 0 bridgehead atoms. The molecular formula is C16H19Cl2N3O. The van der Waals surface area contributed by atoms with Crippen LogP contribution in [0.3, 0.4) is 0 Å². The van der Waals surface area contributed by atoms with Crippen LogP contribution in [0.25, 0.3) is 0 Å². The minimum atomic E-state index is -0.179. The van der Waals surface area contributed by atoms with E-state index in [4.69, 9.17) is 23.2 Å². The van der Waals surface area contributed by atoms with Gasteiger partial charge in [0.2, 0.25) is 0 Å². The summed E-state index contributed by atoms with van der Waals surface area (Å²) in [6.45, 7) is 4.93. The average molecular weight is 340 g/mol. The Labute approximate surface area is 140 Å². The average Bonchev–Trinajstić information content (AvgIpc) is 2.76. The molecular weight excluding hydrogens is 321 g/mol. The second-order valence-corrected chi connectivity index (χ2v) is 5.87. The molecule has 0 aliphatic heterocycles. The normalized spacial score (nSPS) is 10.7. The topological polar surface area (TPSA) is 46.9 Å². The van der Waals surface area contributed by atoms with E-state index in [-0.39, 0.29) is 5.91 Å². The molecule has 1 N–H and O–H groups in total. The number of rotatable bonds is 6. The number of amides is 1. The monoisotopic (exact) mass is 339 g/mol. The number of aromatic nitrogens is 2. The van der Waals surface area contributed by atoms with Crippen molar-refractivity contribution in [1.29, 1.82) is 0 Å². The van der Waals surface area contributed by atoms with Crippen LogP contribution in [0.1, 0.15) is 41.4 Å². The minimum Gasteiger partial charge on any atom is -0.352 e. The lowest BCUT2D eigenvalue weighted by Crippen LogP contribution is -2.25. The molecule has 0 atom stereocenters. The van der Waals surface area contributed by atoms with Crippen molar-refractivity contribution in [3.63, 3.8) is 0 Å². The maximum absolute atomic E-state index is 12.2. The highest BCUT2D eigenvalue weighted by molar-refractivity contribution is 6.33. The molecule has 1 aromatic heterocycles. The Balaban J connectivity index is 2.20. The molecule has 1 aromatic carbocycles. The van der Waals surface area contributed by atoms with Crippen LogP contribution in [0.4, 0.5) is 0 Å². The molecule has 0 aliphatic rings. The number of halogens is 2. The van der Waals surface area contributed by atoms with Crippen molar-refractivity contribution in [2.75, 3.05) is 6.54 Å². The fourth-order valence-electron chi connectivity index (χ4n) is 2.17. The van der Waals surface area contributed by atoms with Crippen molar-refractivity contribution in [3.05, 3.63) is 51.3 Å². The van der Waals surface area contributed by atoms with Crippen molar-refractivity contribution in [2.24, 2.45) is 0 Å². The van der Waals surface area contributed by atoms with E-state index < -0.39 is 0 Å². The quantitative estimate of drug-likeness (QED) is 0.806. The smallest absolute Gasteiger partial charge is 0.256 e. The van der Waals surface area contributed by atoms with Gasteiger partial charge in [-0.3, -0.25) is 4.79 Å². The maximum atomic E-state index is 12.2. The largest absolute Gasteiger partial charge is 0.352 e. The van der Waals surface area contributed by atoms with E-state index in [2.05, 4.69) is 17.3 Å². The van der Waals surface area contributed by atoms with E-state index in [1.54, 1.807) is 11.6 Å². The Kier molecular flexibility index (Phi) is 5.86. The summed E-state index contributed by atoms with van der Waals surface area (Å²) >= 11 is 12.5. The van der Waals surface area contributed by atoms with Gasteiger partial charge in [-0.05, 0) is 25.0 Å². The van der Waals surface area contributed by atoms with E-state index >= 15 is 0 Å². The number of carbonyl (C=O) groups is 1. The van der Waals surface area contributed by atoms with Crippen LogP contribution in [-0.4, -0.2) is 22.2 Å². The van der Waals surface area contributed by atoms with Crippen LogP contribution in [0.2, 0.25) is 10.2 Å². The Hall–Kier alpha value is -1.52. The minimum absolute atomic E-state index is 0.179. The van der Waals surface area contributed by atoms with Crippen LogP contribution in [0, 0.1) is 6.92 Å². The number of hydrogen-bond donors (Lipinski definition) is 1. The first kappa shape index (κ1) is 16.8. The lowest BCUT2D eigenvalue weighted by atomic mass is 10.2. The predicted molar refractivity (Wildman–Crippen MR) is 89.8 cm³/mol. The second kappa shape index (κ2) is 7.65. The van der Waals surface area contributed by atoms with Crippen LogP contribution in [-0.2, 0) is 6.54 Å². The standard InChI is InChI=1S/C16H19Cl2N3O/c1-3-4-9-19-16(22)14-11(2)20-21(15(14)18)10-12-7-5-6-8-13(12)17/h5-8H,3-4,9-10H2,1-2H3,(H,19,22). The Morgan fingerprint density at radius 2 is 2.05 bits per heavy atom. The van der Waals surface area contributed by atoms with E-state index in [9.17, 15) is 4.79 Å². The number of aryl methyl sites for hydroxylation is 1. The van der Waals surface area contributed by atoms with Gasteiger partial charge in [0, 0.05) is 11.6 Å². The number of benzene rings is 1. The van der Waals surface area contributed by atoms with Crippen molar-refractivity contribution >= 4 is 29.1 Å². The summed E-state index contributed by atoms with van der Waals surface area (Å²) < 4.78 is 1.60. The van der Waals surface area contributed by atoms with Gasteiger partial charge in [-0.2, -0.15) is 5.10 Å². The van der Waals surface area contributed by atoms with Gasteiger partial charge in [0.1, 0.15) is 5.15 Å². The number of hydrogen-bond acceptors (Lipinski definition) is 2. The molecule has 0 radical (unpaired) electrons. The molecule has 2 rings (SSSR count). The van der Waals surface area contributed by atoms with Gasteiger partial charge in [-0.15, -0.1) is 0 Å². The maximum Gasteiger partial charge on any atom is 0.256 e. The first-order chi connectivity index (χ1) is 10.5. The SMILES string of the molecule is CCCCNC(=O)c1c(C)nn(Cc2ccccc2Cl)c1Cl. The van der Waals surface area contributed by atoms with Gasteiger partial charge in [0.25, 0.3) is 5.91 Å². The first-order valence-electron chi connectivity index (χ1n) is 7.29. The van der Waals surface area contributed by atoms with Crippen LogP contribution < -0.4 is 5.32 Å². The van der Waals surface area contributed by atoms with Crippen molar-refractivity contribution in [3.8, 4) is 0 Å². The molecule has 0 saturated carbocycles. The first-order valence-corrected chi connectivity index (χ1v) is 8.04. The number of nitrogens with zero attached hydrogens (tertiary/aromatic N) is 2. The van der Waals surface area contributed by atoms with Gasteiger partial charge < -0.3 is 5.32 Å². The summed E-state index contributed by atoms with van der Waals surface area (Å²) in [6, 6.07) is 7.51. The zero-order valence-electron chi connectivity index (χ0n) is 12.7. The summed E-state index contributed by atoms with van der Waals surface area (Å²) in [6.07, 6.45) is 1.97. The molecule has 0 unspecified atom stereocenters. The fourth-order valence-corrected chi connectivity index (χ4v) is 2.69. The van der Waals surface area contributed by atoms with E-state index in [0.29, 0.717) is 34.5 Å². The van der Waals surface area contributed by atoms with Gasteiger partial charge in [0.05, 0.1) is 17.8 Å². The van der Waals surface area contributed by atoms with Gasteiger partial charge >= 0.3 is 0 Å². The second-order valence-electron chi connectivity index (χ2n) is 5.11. The summed E-state index contributed by atoms with van der Waals surface area (Å²) in [5, 5.41) is 8.22. The number of unbranched alkanes of at least 4 members (excludes halogenated alkanes) is 1. The number of carbonyl (C=O) groups excluding carboxylic acids is 1. The van der Waals surface area contributed by atoms with Crippen molar-refractivity contribution in [1.82, 2.24) is 15.1 Å². The lowest BCUT2D eigenvalue weighted by molar-refractivity contribution is 0.0952. The third-order valence-electron chi connectivity index (χ3n) is 3.39. The lowest BCUT2D eigenvalue weighted by Gasteiger charge is -2.06. The zero-order chi connectivity index (χ0) is 16.1. The predicted octanol–water partition coefficient (Wildman–Crippen LogP) is 4.08. The molecule has 4 nitrogen and oxygen atoms in total. The van der Waals surface area contributed by atoms with Crippen molar-refractivity contribution in [2.45, 2.75) is 33.2 Å². The Bertz CT molecular complexity index is 667. The molecule has 1 amide bonds. The molecule has 22 heavy (non-hydrogen) atoms. The van der Waals surface area contributed by atoms with Crippen LogP contribution in [0.15, 0.2) is 24.3 Å². The van der Waals surface area contributed by atoms with E-state index in [1.165, 1.54) is 0 Å². The van der Waals surface area contributed by atoms with E-state index in [0.717, 1.165) is 18.4 Å². The molecule has 118 valence electrons. The zero-order valence-corrected chi connectivity index (χ0v) is 14.2. The molecule has 2 aromatic rings. The van der Waals surface area contributed by atoms with Gasteiger partial charge in [-0.25, -0.2) is 4.68 Å². The molecule has 1 heterocycles. The van der Waals surface area contributed by atoms with E-state index in [1.807, 2.05) is 24.3 Å². The highest BCUT2D eigenvalue weighted by Gasteiger charge is 2.20. The van der Waals surface area contributed by atoms with Crippen LogP contribution >= 0.6 is 23.2 Å². The summed E-state index contributed by atoms with van der Waals surface area (Å²) in [4.78, 5) is 12.2. The molecule has 0 fully saturated rings. The summed E-state index contributed by atoms with van der Waals surface area (Å²) in [5.41, 5.74) is 1.96. The van der Waals surface area contributed by atoms with Gasteiger partial charge in [0.15, 0.2) is 0 Å². The Morgan fingerprint density at radius 3 is 2.73 bits per heavy atom. The third kappa shape index (κ3) is 3.81. The van der Waals surface area contributed by atoms with Gasteiger partial charge in [-0.1, -0.05) is 54.7 Å². The molecule has 0 aliphatic carbocycles. The van der Waals surface area contributed by atoms with Crippen molar-refractivity contribution < 1.29 is 4.79 Å². The third-order valence-corrected chi connectivity index (χ3v) is 4.14. The fraction of sp³-hybridized carbons (Fsp3) is 0.375. The summed E-state index contributed by atoms with van der Waals surface area (Å²) in [5.74, 6) is -0.179. The molecule has 6 heteroatoms. The highest BCUT2D eigenvalue weighted by Crippen LogP contribution is 2.23.